The Labute approximate surface area is 125 Å². The monoisotopic (exact) mass is 290 g/mol. The second-order valence-electron chi connectivity index (χ2n) is 5.17. The SMILES string of the molecule is COc1cc(-c2ccc([C@@H]3C[C@H]3N)cn2)ccc1C.Cl. The second-order valence-corrected chi connectivity index (χ2v) is 5.17. The minimum atomic E-state index is 0. The Morgan fingerprint density at radius 3 is 2.55 bits per heavy atom. The van der Waals surface area contributed by atoms with Crippen molar-refractivity contribution in [2.75, 3.05) is 7.11 Å². The van der Waals surface area contributed by atoms with Crippen molar-refractivity contribution in [2.24, 2.45) is 5.73 Å². The Morgan fingerprint density at radius 2 is 2.00 bits per heavy atom. The highest BCUT2D eigenvalue weighted by Crippen LogP contribution is 2.39. The molecule has 1 aromatic carbocycles. The number of rotatable bonds is 3. The summed E-state index contributed by atoms with van der Waals surface area (Å²) in [6.07, 6.45) is 3.03. The maximum Gasteiger partial charge on any atom is 0.122 e. The van der Waals surface area contributed by atoms with Gasteiger partial charge in [0.25, 0.3) is 0 Å². The van der Waals surface area contributed by atoms with Gasteiger partial charge in [0.15, 0.2) is 0 Å². The number of nitrogens with zero attached hydrogens (tertiary/aromatic N) is 1. The zero-order valence-corrected chi connectivity index (χ0v) is 12.5. The molecule has 1 aliphatic rings. The van der Waals surface area contributed by atoms with Crippen molar-refractivity contribution >= 4 is 12.4 Å². The van der Waals surface area contributed by atoms with Crippen LogP contribution in [0.25, 0.3) is 11.3 Å². The minimum Gasteiger partial charge on any atom is -0.496 e. The van der Waals surface area contributed by atoms with Gasteiger partial charge < -0.3 is 10.5 Å². The number of aromatic nitrogens is 1. The molecular weight excluding hydrogens is 272 g/mol. The van der Waals surface area contributed by atoms with E-state index in [1.165, 1.54) is 5.56 Å². The van der Waals surface area contributed by atoms with Crippen LogP contribution in [0.2, 0.25) is 0 Å². The Kier molecular flexibility index (Phi) is 4.31. The van der Waals surface area contributed by atoms with Crippen molar-refractivity contribution in [1.82, 2.24) is 4.98 Å². The van der Waals surface area contributed by atoms with Crippen molar-refractivity contribution in [3.05, 3.63) is 47.7 Å². The smallest absolute Gasteiger partial charge is 0.122 e. The predicted molar refractivity (Wildman–Crippen MR) is 83.5 cm³/mol. The van der Waals surface area contributed by atoms with Gasteiger partial charge in [-0.25, -0.2) is 0 Å². The topological polar surface area (TPSA) is 48.1 Å². The molecule has 0 bridgehead atoms. The molecule has 1 heterocycles. The second kappa shape index (κ2) is 5.81. The van der Waals surface area contributed by atoms with E-state index >= 15 is 0 Å². The molecule has 0 radical (unpaired) electrons. The molecule has 1 saturated carbocycles. The molecule has 1 fully saturated rings. The lowest BCUT2D eigenvalue weighted by atomic mass is 10.1. The van der Waals surface area contributed by atoms with Crippen LogP contribution in [0.4, 0.5) is 0 Å². The predicted octanol–water partition coefficient (Wildman–Crippen LogP) is 3.30. The first kappa shape index (κ1) is 14.8. The summed E-state index contributed by atoms with van der Waals surface area (Å²) in [4.78, 5) is 4.54. The number of halogens is 1. The highest BCUT2D eigenvalue weighted by Gasteiger charge is 2.34. The number of ether oxygens (including phenoxy) is 1. The van der Waals surface area contributed by atoms with Crippen LogP contribution in [0.3, 0.4) is 0 Å². The number of benzene rings is 1. The molecule has 0 amide bonds. The molecule has 1 aromatic heterocycles. The van der Waals surface area contributed by atoms with Crippen molar-refractivity contribution in [2.45, 2.75) is 25.3 Å². The molecule has 0 saturated heterocycles. The zero-order valence-electron chi connectivity index (χ0n) is 11.7. The molecule has 2 N–H and O–H groups in total. The maximum absolute atomic E-state index is 5.86. The van der Waals surface area contributed by atoms with Crippen molar-refractivity contribution in [3.8, 4) is 17.0 Å². The van der Waals surface area contributed by atoms with Crippen LogP contribution in [0, 0.1) is 6.92 Å². The van der Waals surface area contributed by atoms with Gasteiger partial charge in [-0.15, -0.1) is 12.4 Å². The number of pyridine rings is 1. The Balaban J connectivity index is 0.00000147. The fourth-order valence-corrected chi connectivity index (χ4v) is 2.37. The summed E-state index contributed by atoms with van der Waals surface area (Å²) in [5.41, 5.74) is 10.3. The van der Waals surface area contributed by atoms with Gasteiger partial charge in [0.1, 0.15) is 5.75 Å². The first-order chi connectivity index (χ1) is 9.19. The summed E-state index contributed by atoms with van der Waals surface area (Å²) in [6.45, 7) is 2.04. The van der Waals surface area contributed by atoms with E-state index in [1.807, 2.05) is 19.2 Å². The third-order valence-corrected chi connectivity index (χ3v) is 3.76. The number of nitrogens with two attached hydrogens (primary N) is 1. The largest absolute Gasteiger partial charge is 0.496 e. The van der Waals surface area contributed by atoms with Crippen LogP contribution >= 0.6 is 12.4 Å². The first-order valence-corrected chi connectivity index (χ1v) is 6.55. The minimum absolute atomic E-state index is 0. The highest BCUT2D eigenvalue weighted by atomic mass is 35.5. The van der Waals surface area contributed by atoms with Gasteiger partial charge in [-0.05, 0) is 36.6 Å². The molecule has 0 aliphatic heterocycles. The number of aryl methyl sites for hydroxylation is 1. The summed E-state index contributed by atoms with van der Waals surface area (Å²) in [5, 5.41) is 0. The average molecular weight is 291 g/mol. The van der Waals surface area contributed by atoms with Crippen LogP contribution in [-0.2, 0) is 0 Å². The van der Waals surface area contributed by atoms with Crippen LogP contribution in [0.15, 0.2) is 36.5 Å². The van der Waals surface area contributed by atoms with E-state index in [4.69, 9.17) is 10.5 Å². The van der Waals surface area contributed by atoms with Gasteiger partial charge in [0, 0.05) is 23.7 Å². The fourth-order valence-electron chi connectivity index (χ4n) is 2.37. The number of methoxy groups -OCH3 is 1. The molecule has 2 atom stereocenters. The Hall–Kier alpha value is -1.58. The third-order valence-electron chi connectivity index (χ3n) is 3.76. The summed E-state index contributed by atoms with van der Waals surface area (Å²) < 4.78 is 5.35. The molecule has 1 aliphatic carbocycles. The molecule has 106 valence electrons. The molecule has 4 heteroatoms. The molecule has 0 spiro atoms. The van der Waals surface area contributed by atoms with Gasteiger partial charge in [0.2, 0.25) is 0 Å². The summed E-state index contributed by atoms with van der Waals surface area (Å²) in [7, 11) is 1.69. The molecule has 20 heavy (non-hydrogen) atoms. The van der Waals surface area contributed by atoms with Crippen LogP contribution < -0.4 is 10.5 Å². The van der Waals surface area contributed by atoms with E-state index in [1.54, 1.807) is 7.11 Å². The summed E-state index contributed by atoms with van der Waals surface area (Å²) in [5.74, 6) is 1.40. The normalized spacial score (nSPS) is 20.1. The van der Waals surface area contributed by atoms with E-state index in [9.17, 15) is 0 Å². The van der Waals surface area contributed by atoms with Crippen molar-refractivity contribution in [1.29, 1.82) is 0 Å². The van der Waals surface area contributed by atoms with Crippen molar-refractivity contribution < 1.29 is 4.74 Å². The average Bonchev–Trinajstić information content (AvgIpc) is 3.17. The number of hydrogen-bond acceptors (Lipinski definition) is 3. The molecular formula is C16H19ClN2O. The quantitative estimate of drug-likeness (QED) is 0.943. The molecule has 2 aromatic rings. The third kappa shape index (κ3) is 2.79. The van der Waals surface area contributed by atoms with E-state index in [2.05, 4.69) is 29.2 Å². The maximum atomic E-state index is 5.86. The number of hydrogen-bond donors (Lipinski definition) is 1. The zero-order chi connectivity index (χ0) is 13.4. The van der Waals surface area contributed by atoms with E-state index in [-0.39, 0.29) is 12.4 Å². The van der Waals surface area contributed by atoms with Gasteiger partial charge >= 0.3 is 0 Å². The standard InChI is InChI=1S/C16H18N2O.ClH/c1-10-3-4-11(7-16(10)19-2)15-6-5-12(9-18-15)13-8-14(13)17;/h3-7,9,13-14H,8,17H2,1-2H3;1H/t13-,14+;/m0./s1. The lowest BCUT2D eigenvalue weighted by Crippen LogP contribution is -2.01. The Bertz CT molecular complexity index is 598. The van der Waals surface area contributed by atoms with Gasteiger partial charge in [-0.1, -0.05) is 18.2 Å². The van der Waals surface area contributed by atoms with Crippen LogP contribution in [0.1, 0.15) is 23.5 Å². The first-order valence-electron chi connectivity index (χ1n) is 6.55. The van der Waals surface area contributed by atoms with Crippen LogP contribution in [0.5, 0.6) is 5.75 Å². The lowest BCUT2D eigenvalue weighted by Gasteiger charge is -2.08. The van der Waals surface area contributed by atoms with Gasteiger partial charge in [0.05, 0.1) is 12.8 Å². The van der Waals surface area contributed by atoms with Gasteiger partial charge in [-0.2, -0.15) is 0 Å². The summed E-state index contributed by atoms with van der Waals surface area (Å²) >= 11 is 0. The molecule has 0 unspecified atom stereocenters. The molecule has 3 nitrogen and oxygen atoms in total. The summed E-state index contributed by atoms with van der Waals surface area (Å²) in [6, 6.07) is 10.7. The van der Waals surface area contributed by atoms with E-state index in [0.29, 0.717) is 12.0 Å². The van der Waals surface area contributed by atoms with Crippen molar-refractivity contribution in [3.63, 3.8) is 0 Å². The van der Waals surface area contributed by atoms with Gasteiger partial charge in [-0.3, -0.25) is 4.98 Å². The molecule has 3 rings (SSSR count). The fraction of sp³-hybridized carbons (Fsp3) is 0.312. The Morgan fingerprint density at radius 1 is 1.25 bits per heavy atom. The van der Waals surface area contributed by atoms with E-state index < -0.39 is 0 Å². The lowest BCUT2D eigenvalue weighted by molar-refractivity contribution is 0.412. The van der Waals surface area contributed by atoms with Crippen LogP contribution in [-0.4, -0.2) is 18.1 Å². The highest BCUT2D eigenvalue weighted by molar-refractivity contribution is 5.85. The van der Waals surface area contributed by atoms with E-state index in [0.717, 1.165) is 29.0 Å².